The van der Waals surface area contributed by atoms with Gasteiger partial charge in [-0.15, -0.1) is 0 Å². The van der Waals surface area contributed by atoms with Crippen molar-refractivity contribution in [3.05, 3.63) is 11.6 Å². The molecule has 0 bridgehead atoms. The van der Waals surface area contributed by atoms with Crippen molar-refractivity contribution in [3.8, 4) is 0 Å². The van der Waals surface area contributed by atoms with Crippen molar-refractivity contribution >= 4 is 16.4 Å². The van der Waals surface area contributed by atoms with E-state index in [-0.39, 0.29) is 35.4 Å². The van der Waals surface area contributed by atoms with Gasteiger partial charge in [0.2, 0.25) is 0 Å². The van der Waals surface area contributed by atoms with Crippen molar-refractivity contribution < 1.29 is 125 Å². The van der Waals surface area contributed by atoms with Crippen molar-refractivity contribution in [2.24, 2.45) is 39.4 Å². The van der Waals surface area contributed by atoms with Crippen molar-refractivity contribution in [1.29, 1.82) is 0 Å². The van der Waals surface area contributed by atoms with E-state index in [1.807, 2.05) is 26.8 Å². The minimum atomic E-state index is -5.18. The molecule has 4 aliphatic carbocycles. The SMILES string of the molecule is COC1C(O)C(CO)OC(OC2C(O)C(CO)OC(OC3C(C)OC(OC4C(OC5CCC6(C)C7=CC(O)C89C(=O)OC(C)(C%10CCC(C)(C)O%10)C8CCC9(C)C7CCC6C5(C)C)OCC(OS(=O)(=O)O)C4O)C(O)C3O)C2O)C1O. The molecule has 10 aliphatic rings. The summed E-state index contributed by atoms with van der Waals surface area (Å²) >= 11 is 0. The van der Waals surface area contributed by atoms with Gasteiger partial charge >= 0.3 is 16.4 Å². The molecule has 6 saturated heterocycles. The number of rotatable bonds is 14. The maximum Gasteiger partial charge on any atom is 0.397 e. The molecular formula is C54H86O26S. The average molecular weight is 1180 g/mol. The highest BCUT2D eigenvalue weighted by Crippen LogP contribution is 2.76. The molecule has 0 radical (unpaired) electrons. The van der Waals surface area contributed by atoms with Crippen LogP contribution in [0.25, 0.3) is 0 Å². The second-order valence-electron chi connectivity index (χ2n) is 26.4. The van der Waals surface area contributed by atoms with Gasteiger partial charge < -0.3 is 103 Å². The van der Waals surface area contributed by atoms with Crippen molar-refractivity contribution in [2.45, 2.75) is 253 Å². The fraction of sp³-hybridized carbons (Fsp3) is 0.944. The molecule has 27 heteroatoms. The molecule has 11 N–H and O–H groups in total. The summed E-state index contributed by atoms with van der Waals surface area (Å²) in [5, 5.41) is 112. The smallest absolute Gasteiger partial charge is 0.397 e. The Balaban J connectivity index is 0.846. The summed E-state index contributed by atoms with van der Waals surface area (Å²) in [6.45, 7) is 13.8. The number of aliphatic hydroxyl groups is 10. The molecule has 29 atom stereocenters. The van der Waals surface area contributed by atoms with Gasteiger partial charge in [0.1, 0.15) is 96.5 Å². The second-order valence-corrected chi connectivity index (χ2v) is 27.4. The van der Waals surface area contributed by atoms with Crippen molar-refractivity contribution in [2.75, 3.05) is 26.9 Å². The lowest BCUT2D eigenvalue weighted by molar-refractivity contribution is -0.389. The lowest BCUT2D eigenvalue weighted by atomic mass is 9.40. The molecule has 0 aromatic heterocycles. The van der Waals surface area contributed by atoms with Gasteiger partial charge in [-0.25, -0.2) is 4.18 Å². The van der Waals surface area contributed by atoms with Crippen LogP contribution in [0, 0.1) is 39.4 Å². The topological polar surface area (TPSA) is 385 Å². The lowest BCUT2D eigenvalue weighted by Gasteiger charge is -2.64. The Hall–Kier alpha value is -1.72. The van der Waals surface area contributed by atoms with E-state index >= 15 is 0 Å². The number of allylic oxidation sites excluding steroid dienone is 1. The van der Waals surface area contributed by atoms with Gasteiger partial charge in [-0.05, 0) is 107 Å². The normalized spacial score (nSPS) is 53.2. The Morgan fingerprint density at radius 3 is 1.85 bits per heavy atom. The molecule has 10 rings (SSSR count). The van der Waals surface area contributed by atoms with Crippen molar-refractivity contribution in [1.82, 2.24) is 0 Å². The van der Waals surface area contributed by atoms with Crippen LogP contribution in [-0.2, 0) is 71.5 Å². The van der Waals surface area contributed by atoms with Gasteiger partial charge in [0.15, 0.2) is 25.2 Å². The molecule has 464 valence electrons. The molecule has 6 aliphatic heterocycles. The first-order valence-electron chi connectivity index (χ1n) is 28.5. The number of fused-ring (bicyclic) bond motifs is 4. The van der Waals surface area contributed by atoms with Gasteiger partial charge in [0.05, 0.1) is 49.8 Å². The van der Waals surface area contributed by atoms with Gasteiger partial charge in [0, 0.05) is 13.0 Å². The van der Waals surface area contributed by atoms with E-state index in [0.717, 1.165) is 31.3 Å². The van der Waals surface area contributed by atoms with Gasteiger partial charge in [-0.1, -0.05) is 39.3 Å². The summed E-state index contributed by atoms with van der Waals surface area (Å²) in [4.78, 5) is 14.6. The number of hydrogen-bond donors (Lipinski definition) is 11. The first-order valence-corrected chi connectivity index (χ1v) is 29.9. The van der Waals surface area contributed by atoms with Crippen LogP contribution in [0.5, 0.6) is 0 Å². The van der Waals surface area contributed by atoms with Crippen LogP contribution < -0.4 is 0 Å². The molecule has 26 nitrogen and oxygen atoms in total. The highest BCUT2D eigenvalue weighted by atomic mass is 32.3. The molecule has 3 saturated carbocycles. The standard InChI is InChI=1S/C54H86O26S/c1-22-40(75-46-39(64)42(34(59)26(20-56)73-46)76-45-38(63)41(69-9)33(58)25(19-55)72-45)36(61)37(62)44(71-22)77-43-35(60)27(80-81(66,67)68)21-70-47(43)74-31-14-16-51(6)24-18-30(57)54-29(53(8,79-48(54)65)32-13-15-49(2,3)78-32)12-17-52(54,7)23(24)10-11-28(51)50(31,4)5/h18,22-23,25-47,55-64H,10-17,19-21H2,1-9H3,(H,66,67,68). The minimum Gasteiger partial charge on any atom is -0.456 e. The van der Waals surface area contributed by atoms with Gasteiger partial charge in [0.25, 0.3) is 0 Å². The maximum absolute atomic E-state index is 14.6. The summed E-state index contributed by atoms with van der Waals surface area (Å²) in [6, 6.07) is 0. The fourth-order valence-electron chi connectivity index (χ4n) is 17.0. The predicted molar refractivity (Wildman–Crippen MR) is 272 cm³/mol. The Morgan fingerprint density at radius 2 is 1.25 bits per heavy atom. The Bertz CT molecular complexity index is 2430. The van der Waals surface area contributed by atoms with Crippen LogP contribution >= 0.6 is 0 Å². The maximum atomic E-state index is 14.6. The van der Waals surface area contributed by atoms with Crippen molar-refractivity contribution in [3.63, 3.8) is 0 Å². The fourth-order valence-corrected chi connectivity index (χ4v) is 17.5. The van der Waals surface area contributed by atoms with Crippen LogP contribution in [0.2, 0.25) is 0 Å². The van der Waals surface area contributed by atoms with E-state index in [1.54, 1.807) is 0 Å². The zero-order chi connectivity index (χ0) is 59.1. The van der Waals surface area contributed by atoms with E-state index in [0.29, 0.717) is 25.7 Å². The summed E-state index contributed by atoms with van der Waals surface area (Å²) in [5.74, 6) is -0.716. The quantitative estimate of drug-likeness (QED) is 0.0413. The monoisotopic (exact) mass is 1180 g/mol. The molecule has 9 fully saturated rings. The van der Waals surface area contributed by atoms with E-state index < -0.39 is 186 Å². The highest BCUT2D eigenvalue weighted by molar-refractivity contribution is 7.80. The molecule has 81 heavy (non-hydrogen) atoms. The van der Waals surface area contributed by atoms with E-state index in [9.17, 15) is 68.8 Å². The summed E-state index contributed by atoms with van der Waals surface area (Å²) in [6.07, 6.45) is -26.6. The number of aliphatic hydroxyl groups excluding tert-OH is 10. The molecular weight excluding hydrogens is 1100 g/mol. The third kappa shape index (κ3) is 10.1. The van der Waals surface area contributed by atoms with E-state index in [1.165, 1.54) is 14.0 Å². The summed E-state index contributed by atoms with van der Waals surface area (Å²) < 4.78 is 105. The number of cyclic esters (lactones) is 1. The van der Waals surface area contributed by atoms with E-state index in [4.69, 9.17) is 56.3 Å². The lowest BCUT2D eigenvalue weighted by Crippen LogP contribution is -2.67. The Kier molecular flexibility index (Phi) is 17.0. The van der Waals surface area contributed by atoms with Crippen LogP contribution in [-0.4, -0.2) is 243 Å². The van der Waals surface area contributed by atoms with Gasteiger partial charge in [-0.2, -0.15) is 8.42 Å². The number of carbonyl (C=O) groups excluding carboxylic acids is 1. The van der Waals surface area contributed by atoms with Crippen LogP contribution in [0.4, 0.5) is 0 Å². The molecule has 0 aromatic rings. The second kappa shape index (κ2) is 22.1. The molecule has 1 spiro atoms. The Labute approximate surface area is 471 Å². The number of hydrogen-bond acceptors (Lipinski definition) is 25. The highest BCUT2D eigenvalue weighted by Gasteiger charge is 2.80. The zero-order valence-corrected chi connectivity index (χ0v) is 48.1. The van der Waals surface area contributed by atoms with Crippen LogP contribution in [0.3, 0.4) is 0 Å². The number of carbonyl (C=O) groups is 1. The number of methoxy groups -OCH3 is 1. The average Bonchev–Trinajstić information content (AvgIpc) is 3.29. The summed E-state index contributed by atoms with van der Waals surface area (Å²) in [7, 11) is -3.99. The third-order valence-electron chi connectivity index (χ3n) is 21.2. The molecule has 6 heterocycles. The minimum absolute atomic E-state index is 0.0364. The largest absolute Gasteiger partial charge is 0.456 e. The first kappa shape index (κ1) is 62.3. The Morgan fingerprint density at radius 1 is 0.642 bits per heavy atom. The van der Waals surface area contributed by atoms with Gasteiger partial charge in [-0.3, -0.25) is 9.35 Å². The first-order chi connectivity index (χ1) is 37.8. The van der Waals surface area contributed by atoms with Crippen LogP contribution in [0.1, 0.15) is 107 Å². The number of ether oxygens (including phenoxy) is 11. The number of esters is 1. The van der Waals surface area contributed by atoms with Crippen LogP contribution in [0.15, 0.2) is 11.6 Å². The molecule has 0 amide bonds. The molecule has 0 aromatic carbocycles. The predicted octanol–water partition coefficient (Wildman–Crippen LogP) is -1.38. The zero-order valence-electron chi connectivity index (χ0n) is 47.2. The third-order valence-corrected chi connectivity index (χ3v) is 21.7. The molecule has 29 unspecified atom stereocenters. The summed E-state index contributed by atoms with van der Waals surface area (Å²) in [5.41, 5.74) is -3.05. The van der Waals surface area contributed by atoms with E-state index in [2.05, 4.69) is 27.7 Å².